The maximum absolute atomic E-state index is 12.6. The zero-order valence-corrected chi connectivity index (χ0v) is 16.2. The van der Waals surface area contributed by atoms with Gasteiger partial charge in [-0.2, -0.15) is 0 Å². The number of hydrogen-bond acceptors (Lipinski definition) is 6. The average molecular weight is 379 g/mol. The van der Waals surface area contributed by atoms with Gasteiger partial charge in [0.1, 0.15) is 5.60 Å². The predicted octanol–water partition coefficient (Wildman–Crippen LogP) is 1.70. The summed E-state index contributed by atoms with van der Waals surface area (Å²) in [6.45, 7) is 9.15. The first kappa shape index (κ1) is 20.8. The van der Waals surface area contributed by atoms with Crippen LogP contribution in [0.4, 0.5) is 15.3 Å². The second kappa shape index (κ2) is 8.90. The van der Waals surface area contributed by atoms with Crippen molar-refractivity contribution in [3.05, 3.63) is 24.0 Å². The Morgan fingerprint density at radius 3 is 2.52 bits per heavy atom. The summed E-state index contributed by atoms with van der Waals surface area (Å²) in [6.07, 6.45) is 1.92. The van der Waals surface area contributed by atoms with E-state index < -0.39 is 17.8 Å². The van der Waals surface area contributed by atoms with Crippen LogP contribution in [-0.4, -0.2) is 81.8 Å². The zero-order chi connectivity index (χ0) is 20.0. The zero-order valence-electron chi connectivity index (χ0n) is 16.2. The molecule has 1 aliphatic heterocycles. The molecular weight excluding hydrogens is 350 g/mol. The number of nitrogen functional groups attached to an aromatic ring is 1. The van der Waals surface area contributed by atoms with Gasteiger partial charge in [0.05, 0.1) is 18.4 Å². The van der Waals surface area contributed by atoms with Crippen molar-refractivity contribution in [3.8, 4) is 0 Å². The van der Waals surface area contributed by atoms with Crippen molar-refractivity contribution in [2.75, 3.05) is 45.0 Å². The molecule has 0 atom stereocenters. The van der Waals surface area contributed by atoms with Crippen molar-refractivity contribution < 1.29 is 19.4 Å². The minimum absolute atomic E-state index is 0.332. The average Bonchev–Trinajstić information content (AvgIpc) is 2.59. The monoisotopic (exact) mass is 379 g/mol. The molecule has 9 nitrogen and oxygen atoms in total. The van der Waals surface area contributed by atoms with Crippen LogP contribution in [0.15, 0.2) is 18.5 Å². The van der Waals surface area contributed by atoms with Crippen LogP contribution in [0.25, 0.3) is 0 Å². The molecule has 3 N–H and O–H groups in total. The molecule has 2 rings (SSSR count). The number of ether oxygens (including phenoxy) is 1. The fourth-order valence-electron chi connectivity index (χ4n) is 2.77. The van der Waals surface area contributed by atoms with Gasteiger partial charge in [0.25, 0.3) is 0 Å². The van der Waals surface area contributed by atoms with E-state index in [0.717, 1.165) is 5.56 Å². The number of carbonyl (C=O) groups is 2. The summed E-state index contributed by atoms with van der Waals surface area (Å²) in [5.74, 6) is 0. The minimum Gasteiger partial charge on any atom is -0.465 e. The van der Waals surface area contributed by atoms with Crippen molar-refractivity contribution in [1.82, 2.24) is 19.7 Å². The Balaban J connectivity index is 1.98. The number of aromatic nitrogens is 1. The van der Waals surface area contributed by atoms with Crippen LogP contribution in [-0.2, 0) is 11.3 Å². The summed E-state index contributed by atoms with van der Waals surface area (Å²) in [5.41, 5.74) is 6.72. The van der Waals surface area contributed by atoms with E-state index >= 15 is 0 Å². The highest BCUT2D eigenvalue weighted by atomic mass is 16.6. The number of pyridine rings is 1. The van der Waals surface area contributed by atoms with Crippen molar-refractivity contribution in [3.63, 3.8) is 0 Å². The molecular formula is C18H29N5O4. The highest BCUT2D eigenvalue weighted by molar-refractivity contribution is 5.68. The molecule has 1 aromatic heterocycles. The van der Waals surface area contributed by atoms with E-state index in [9.17, 15) is 9.59 Å². The van der Waals surface area contributed by atoms with E-state index in [-0.39, 0.29) is 0 Å². The molecule has 0 aromatic carbocycles. The standard InChI is InChI=1S/C18H29N5O4/c1-18(2,3)27-17(26)23(13-14-4-5-20-12-15(14)19)11-8-21-6-9-22(10-7-21)16(24)25/h4-5,12H,6-11,13,19H2,1-3H3,(H,24,25). The Morgan fingerprint density at radius 2 is 1.96 bits per heavy atom. The van der Waals surface area contributed by atoms with Gasteiger partial charge in [-0.3, -0.25) is 9.88 Å². The van der Waals surface area contributed by atoms with E-state index in [0.29, 0.717) is 51.5 Å². The van der Waals surface area contributed by atoms with Gasteiger partial charge in [-0.1, -0.05) is 0 Å². The number of nitrogens with two attached hydrogens (primary N) is 1. The van der Waals surface area contributed by atoms with E-state index in [1.54, 1.807) is 23.4 Å². The molecule has 150 valence electrons. The maximum Gasteiger partial charge on any atom is 0.410 e. The summed E-state index contributed by atoms with van der Waals surface area (Å²) < 4.78 is 5.53. The summed E-state index contributed by atoms with van der Waals surface area (Å²) in [6, 6.07) is 1.79. The van der Waals surface area contributed by atoms with Crippen LogP contribution in [0.1, 0.15) is 26.3 Å². The number of hydrogen-bond donors (Lipinski definition) is 2. The normalized spacial score (nSPS) is 15.4. The molecule has 0 unspecified atom stereocenters. The lowest BCUT2D eigenvalue weighted by Gasteiger charge is -2.35. The van der Waals surface area contributed by atoms with Gasteiger partial charge in [0, 0.05) is 45.5 Å². The molecule has 27 heavy (non-hydrogen) atoms. The van der Waals surface area contributed by atoms with Crippen LogP contribution < -0.4 is 5.73 Å². The van der Waals surface area contributed by atoms with Crippen LogP contribution >= 0.6 is 0 Å². The fourth-order valence-corrected chi connectivity index (χ4v) is 2.77. The fraction of sp³-hybridized carbons (Fsp3) is 0.611. The molecule has 0 radical (unpaired) electrons. The number of nitrogens with zero attached hydrogens (tertiary/aromatic N) is 4. The quantitative estimate of drug-likeness (QED) is 0.800. The molecule has 1 saturated heterocycles. The second-order valence-electron chi connectivity index (χ2n) is 7.59. The number of carboxylic acid groups (broad SMARTS) is 1. The van der Waals surface area contributed by atoms with Crippen LogP contribution in [0.3, 0.4) is 0 Å². The number of anilines is 1. The molecule has 0 aliphatic carbocycles. The number of amides is 2. The Kier molecular flexibility index (Phi) is 6.84. The second-order valence-corrected chi connectivity index (χ2v) is 7.59. The van der Waals surface area contributed by atoms with Gasteiger partial charge in [-0.25, -0.2) is 9.59 Å². The Morgan fingerprint density at radius 1 is 1.30 bits per heavy atom. The molecule has 0 saturated carbocycles. The van der Waals surface area contributed by atoms with Crippen molar-refractivity contribution in [2.45, 2.75) is 32.9 Å². The van der Waals surface area contributed by atoms with E-state index in [2.05, 4.69) is 9.88 Å². The first-order valence-electron chi connectivity index (χ1n) is 9.02. The third kappa shape index (κ3) is 6.59. The summed E-state index contributed by atoms with van der Waals surface area (Å²) >= 11 is 0. The van der Waals surface area contributed by atoms with Crippen molar-refractivity contribution in [2.24, 2.45) is 0 Å². The minimum atomic E-state index is -0.891. The molecule has 0 spiro atoms. The number of rotatable bonds is 5. The Hall–Kier alpha value is -2.55. The summed E-state index contributed by atoms with van der Waals surface area (Å²) in [4.78, 5) is 32.8. The van der Waals surface area contributed by atoms with Gasteiger partial charge >= 0.3 is 12.2 Å². The van der Waals surface area contributed by atoms with E-state index in [1.807, 2.05) is 20.8 Å². The van der Waals surface area contributed by atoms with Gasteiger partial charge < -0.3 is 25.4 Å². The SMILES string of the molecule is CC(C)(C)OC(=O)N(CCN1CCN(C(=O)O)CC1)Cc1ccncc1N. The summed E-state index contributed by atoms with van der Waals surface area (Å²) in [7, 11) is 0. The molecule has 1 aromatic rings. The van der Waals surface area contributed by atoms with Crippen molar-refractivity contribution in [1.29, 1.82) is 0 Å². The Bertz CT molecular complexity index is 653. The first-order chi connectivity index (χ1) is 12.7. The van der Waals surface area contributed by atoms with Crippen LogP contribution in [0.5, 0.6) is 0 Å². The molecule has 9 heteroatoms. The third-order valence-electron chi connectivity index (χ3n) is 4.29. The van der Waals surface area contributed by atoms with Gasteiger partial charge in [0.15, 0.2) is 0 Å². The molecule has 2 amide bonds. The van der Waals surface area contributed by atoms with Crippen LogP contribution in [0, 0.1) is 0 Å². The molecule has 0 bridgehead atoms. The lowest BCUT2D eigenvalue weighted by molar-refractivity contribution is 0.0205. The third-order valence-corrected chi connectivity index (χ3v) is 4.29. The topological polar surface area (TPSA) is 112 Å². The van der Waals surface area contributed by atoms with Gasteiger partial charge in [-0.05, 0) is 32.4 Å². The molecule has 1 aliphatic rings. The van der Waals surface area contributed by atoms with E-state index in [1.165, 1.54) is 4.90 Å². The Labute approximate surface area is 159 Å². The lowest BCUT2D eigenvalue weighted by atomic mass is 10.2. The molecule has 1 fully saturated rings. The van der Waals surface area contributed by atoms with Crippen LogP contribution in [0.2, 0.25) is 0 Å². The lowest BCUT2D eigenvalue weighted by Crippen LogP contribution is -2.50. The smallest absolute Gasteiger partial charge is 0.410 e. The van der Waals surface area contributed by atoms with Crippen molar-refractivity contribution >= 4 is 17.9 Å². The maximum atomic E-state index is 12.6. The molecule has 2 heterocycles. The number of piperazine rings is 1. The largest absolute Gasteiger partial charge is 0.465 e. The number of carbonyl (C=O) groups excluding carboxylic acids is 1. The van der Waals surface area contributed by atoms with Gasteiger partial charge in [-0.15, -0.1) is 0 Å². The van der Waals surface area contributed by atoms with Gasteiger partial charge in [0.2, 0.25) is 0 Å². The van der Waals surface area contributed by atoms with E-state index in [4.69, 9.17) is 15.6 Å². The highest BCUT2D eigenvalue weighted by Crippen LogP contribution is 2.16. The predicted molar refractivity (Wildman–Crippen MR) is 101 cm³/mol. The highest BCUT2D eigenvalue weighted by Gasteiger charge is 2.25. The summed E-state index contributed by atoms with van der Waals surface area (Å²) in [5, 5.41) is 9.03. The first-order valence-corrected chi connectivity index (χ1v) is 9.02.